The molecule has 1 saturated heterocycles. The van der Waals surface area contributed by atoms with Gasteiger partial charge in [-0.3, -0.25) is 4.79 Å². The van der Waals surface area contributed by atoms with Gasteiger partial charge in [-0.25, -0.2) is 0 Å². The quantitative estimate of drug-likeness (QED) is 0.782. The summed E-state index contributed by atoms with van der Waals surface area (Å²) >= 11 is 0. The number of hydrogen-bond acceptors (Lipinski definition) is 3. The van der Waals surface area contributed by atoms with E-state index in [2.05, 4.69) is 6.92 Å². The van der Waals surface area contributed by atoms with E-state index in [1.54, 1.807) is 0 Å². The number of carbonyl (C=O) groups excluding carboxylic acids is 1. The number of rotatable bonds is 2. The van der Waals surface area contributed by atoms with Crippen molar-refractivity contribution in [1.82, 2.24) is 0 Å². The highest BCUT2D eigenvalue weighted by molar-refractivity contribution is 5.89. The minimum absolute atomic E-state index is 0.0408. The first-order valence-corrected chi connectivity index (χ1v) is 6.46. The highest BCUT2D eigenvalue weighted by Gasteiger charge is 2.42. The first-order valence-electron chi connectivity index (χ1n) is 6.46. The van der Waals surface area contributed by atoms with Crippen LogP contribution in [0.3, 0.4) is 0 Å². The van der Waals surface area contributed by atoms with Crippen molar-refractivity contribution in [3.63, 3.8) is 0 Å². The molecule has 1 saturated carbocycles. The van der Waals surface area contributed by atoms with Crippen molar-refractivity contribution in [3.05, 3.63) is 0 Å². The SMILES string of the molecule is CC1CCC(O)(C(=O)C2CCCOC2)CC1. The Labute approximate surface area is 97.2 Å². The Bertz CT molecular complexity index is 248. The van der Waals surface area contributed by atoms with Crippen LogP contribution in [-0.4, -0.2) is 29.7 Å². The fourth-order valence-electron chi connectivity index (χ4n) is 2.81. The zero-order valence-electron chi connectivity index (χ0n) is 10.1. The van der Waals surface area contributed by atoms with Gasteiger partial charge in [0.15, 0.2) is 5.78 Å². The maximum atomic E-state index is 12.3. The number of hydrogen-bond donors (Lipinski definition) is 1. The fourth-order valence-corrected chi connectivity index (χ4v) is 2.81. The molecule has 1 aliphatic carbocycles. The van der Waals surface area contributed by atoms with Crippen LogP contribution in [0.2, 0.25) is 0 Å². The van der Waals surface area contributed by atoms with Gasteiger partial charge in [-0.1, -0.05) is 6.92 Å². The van der Waals surface area contributed by atoms with E-state index in [1.807, 2.05) is 0 Å². The van der Waals surface area contributed by atoms with Crippen molar-refractivity contribution < 1.29 is 14.6 Å². The third-order valence-electron chi connectivity index (χ3n) is 4.09. The first-order chi connectivity index (χ1) is 7.62. The van der Waals surface area contributed by atoms with Crippen LogP contribution in [0.15, 0.2) is 0 Å². The van der Waals surface area contributed by atoms with Crippen molar-refractivity contribution in [2.45, 2.75) is 51.0 Å². The summed E-state index contributed by atoms with van der Waals surface area (Å²) in [5.41, 5.74) is -1.04. The second-order valence-corrected chi connectivity index (χ2v) is 5.49. The molecule has 92 valence electrons. The molecule has 2 rings (SSSR count). The summed E-state index contributed by atoms with van der Waals surface area (Å²) < 4.78 is 5.33. The summed E-state index contributed by atoms with van der Waals surface area (Å²) in [4.78, 5) is 12.3. The molecule has 0 spiro atoms. The normalized spacial score (nSPS) is 40.6. The van der Waals surface area contributed by atoms with Gasteiger partial charge in [-0.15, -0.1) is 0 Å². The molecule has 16 heavy (non-hydrogen) atoms. The van der Waals surface area contributed by atoms with Crippen LogP contribution in [0.25, 0.3) is 0 Å². The zero-order chi connectivity index (χ0) is 11.6. The number of carbonyl (C=O) groups is 1. The Morgan fingerprint density at radius 3 is 2.56 bits per heavy atom. The molecule has 0 bridgehead atoms. The summed E-state index contributed by atoms with van der Waals surface area (Å²) in [6.07, 6.45) is 5.05. The summed E-state index contributed by atoms with van der Waals surface area (Å²) in [5, 5.41) is 10.4. The van der Waals surface area contributed by atoms with Crippen LogP contribution >= 0.6 is 0 Å². The second-order valence-electron chi connectivity index (χ2n) is 5.49. The lowest BCUT2D eigenvalue weighted by molar-refractivity contribution is -0.150. The van der Waals surface area contributed by atoms with E-state index in [9.17, 15) is 9.90 Å². The van der Waals surface area contributed by atoms with Gasteiger partial charge in [0, 0.05) is 12.5 Å². The maximum Gasteiger partial charge on any atom is 0.169 e. The Kier molecular flexibility index (Phi) is 3.65. The van der Waals surface area contributed by atoms with Gasteiger partial charge >= 0.3 is 0 Å². The molecule has 1 unspecified atom stereocenters. The zero-order valence-corrected chi connectivity index (χ0v) is 10.1. The Balaban J connectivity index is 1.96. The molecule has 0 aromatic rings. The van der Waals surface area contributed by atoms with Gasteiger partial charge in [-0.05, 0) is 44.4 Å². The lowest BCUT2D eigenvalue weighted by Gasteiger charge is -2.36. The molecule has 1 atom stereocenters. The van der Waals surface area contributed by atoms with Crippen molar-refractivity contribution in [1.29, 1.82) is 0 Å². The molecule has 0 radical (unpaired) electrons. The summed E-state index contributed by atoms with van der Waals surface area (Å²) in [5.74, 6) is 0.627. The summed E-state index contributed by atoms with van der Waals surface area (Å²) in [6, 6.07) is 0. The number of Topliss-reactive ketones (excluding diaryl/α,β-unsaturated/α-hetero) is 1. The van der Waals surface area contributed by atoms with Crippen molar-refractivity contribution in [2.24, 2.45) is 11.8 Å². The molecule has 2 aliphatic rings. The number of ether oxygens (including phenoxy) is 1. The van der Waals surface area contributed by atoms with Crippen LogP contribution in [0.5, 0.6) is 0 Å². The van der Waals surface area contributed by atoms with Crippen LogP contribution in [0.4, 0.5) is 0 Å². The van der Waals surface area contributed by atoms with Gasteiger partial charge in [0.2, 0.25) is 0 Å². The average molecular weight is 226 g/mol. The van der Waals surface area contributed by atoms with E-state index in [4.69, 9.17) is 4.74 Å². The predicted octanol–water partition coefficient (Wildman–Crippen LogP) is 1.92. The lowest BCUT2D eigenvalue weighted by Crippen LogP contribution is -2.47. The van der Waals surface area contributed by atoms with E-state index in [-0.39, 0.29) is 11.7 Å². The van der Waals surface area contributed by atoms with Crippen LogP contribution < -0.4 is 0 Å². The van der Waals surface area contributed by atoms with Crippen molar-refractivity contribution >= 4 is 5.78 Å². The molecule has 3 nitrogen and oxygen atoms in total. The first kappa shape index (κ1) is 12.1. The minimum atomic E-state index is -1.04. The van der Waals surface area contributed by atoms with E-state index < -0.39 is 5.60 Å². The minimum Gasteiger partial charge on any atom is -0.382 e. The number of aliphatic hydroxyl groups is 1. The Hall–Kier alpha value is -0.410. The molecule has 0 aromatic heterocycles. The number of ketones is 1. The largest absolute Gasteiger partial charge is 0.382 e. The highest BCUT2D eigenvalue weighted by Crippen LogP contribution is 2.35. The van der Waals surface area contributed by atoms with E-state index >= 15 is 0 Å². The maximum absolute atomic E-state index is 12.3. The molecule has 1 aliphatic heterocycles. The monoisotopic (exact) mass is 226 g/mol. The van der Waals surface area contributed by atoms with Crippen LogP contribution in [-0.2, 0) is 9.53 Å². The third kappa shape index (κ3) is 2.46. The fraction of sp³-hybridized carbons (Fsp3) is 0.923. The van der Waals surface area contributed by atoms with Crippen LogP contribution in [0, 0.1) is 11.8 Å². The Morgan fingerprint density at radius 1 is 1.31 bits per heavy atom. The molecule has 1 N–H and O–H groups in total. The molecule has 0 aromatic carbocycles. The van der Waals surface area contributed by atoms with E-state index in [0.29, 0.717) is 25.4 Å². The Morgan fingerprint density at radius 2 is 2.00 bits per heavy atom. The summed E-state index contributed by atoms with van der Waals surface area (Å²) in [6.45, 7) is 3.46. The van der Waals surface area contributed by atoms with Gasteiger partial charge in [-0.2, -0.15) is 0 Å². The smallest absolute Gasteiger partial charge is 0.169 e. The molecule has 3 heteroatoms. The second kappa shape index (κ2) is 4.84. The molecule has 1 heterocycles. The lowest BCUT2D eigenvalue weighted by atomic mass is 9.73. The predicted molar refractivity (Wildman–Crippen MR) is 61.1 cm³/mol. The molecular weight excluding hydrogens is 204 g/mol. The topological polar surface area (TPSA) is 46.5 Å². The van der Waals surface area contributed by atoms with Crippen molar-refractivity contribution in [2.75, 3.05) is 13.2 Å². The summed E-state index contributed by atoms with van der Waals surface area (Å²) in [7, 11) is 0. The molecular formula is C13H22O3. The molecule has 2 fully saturated rings. The van der Waals surface area contributed by atoms with Gasteiger partial charge in [0.1, 0.15) is 5.60 Å². The van der Waals surface area contributed by atoms with Gasteiger partial charge in [0.05, 0.1) is 6.61 Å². The van der Waals surface area contributed by atoms with Crippen molar-refractivity contribution in [3.8, 4) is 0 Å². The van der Waals surface area contributed by atoms with Gasteiger partial charge < -0.3 is 9.84 Å². The van der Waals surface area contributed by atoms with E-state index in [0.717, 1.165) is 32.3 Å². The standard InChI is InChI=1S/C13H22O3/c1-10-4-6-13(15,7-5-10)12(14)11-3-2-8-16-9-11/h10-11,15H,2-9H2,1H3. The van der Waals surface area contributed by atoms with Gasteiger partial charge in [0.25, 0.3) is 0 Å². The van der Waals surface area contributed by atoms with Crippen LogP contribution in [0.1, 0.15) is 45.4 Å². The highest BCUT2D eigenvalue weighted by atomic mass is 16.5. The van der Waals surface area contributed by atoms with E-state index in [1.165, 1.54) is 0 Å². The third-order valence-corrected chi connectivity index (χ3v) is 4.09. The molecule has 0 amide bonds. The average Bonchev–Trinajstić information content (AvgIpc) is 2.33.